The van der Waals surface area contributed by atoms with Crippen LogP contribution in [0, 0.1) is 18.3 Å². The third-order valence-corrected chi connectivity index (χ3v) is 6.46. The summed E-state index contributed by atoms with van der Waals surface area (Å²) in [4.78, 5) is 18.9. The minimum atomic E-state index is -0.393. The molecule has 2 aromatic rings. The number of nitriles is 1. The fourth-order valence-electron chi connectivity index (χ4n) is 3.69. The van der Waals surface area contributed by atoms with Gasteiger partial charge < -0.3 is 15.4 Å². The predicted octanol–water partition coefficient (Wildman–Crippen LogP) is 3.78. The van der Waals surface area contributed by atoms with Crippen LogP contribution in [0.2, 0.25) is 0 Å². The minimum absolute atomic E-state index is 0.243. The van der Waals surface area contributed by atoms with Gasteiger partial charge in [0.25, 0.3) is 0 Å². The highest BCUT2D eigenvalue weighted by molar-refractivity contribution is 8.00. The van der Waals surface area contributed by atoms with Crippen molar-refractivity contribution in [2.75, 3.05) is 18.0 Å². The highest BCUT2D eigenvalue weighted by Crippen LogP contribution is 2.38. The second kappa shape index (κ2) is 9.22. The SMILES string of the molecule is CCc1c(C)c(N2CCC(N)CC2)nc(SC(C=O)c2ccccc2)c1C#N. The molecule has 0 radical (unpaired) electrons. The van der Waals surface area contributed by atoms with Gasteiger partial charge >= 0.3 is 0 Å². The van der Waals surface area contributed by atoms with E-state index < -0.39 is 5.25 Å². The minimum Gasteiger partial charge on any atom is -0.356 e. The van der Waals surface area contributed by atoms with Crippen LogP contribution in [0.1, 0.15) is 47.3 Å². The lowest BCUT2D eigenvalue weighted by Gasteiger charge is -2.33. The quantitative estimate of drug-likeness (QED) is 0.593. The van der Waals surface area contributed by atoms with Gasteiger partial charge in [0.15, 0.2) is 0 Å². The summed E-state index contributed by atoms with van der Waals surface area (Å²) in [7, 11) is 0. The van der Waals surface area contributed by atoms with Crippen molar-refractivity contribution < 1.29 is 4.79 Å². The Balaban J connectivity index is 2.03. The first-order chi connectivity index (χ1) is 13.6. The Labute approximate surface area is 170 Å². The molecule has 1 saturated heterocycles. The van der Waals surface area contributed by atoms with Crippen molar-refractivity contribution in [2.24, 2.45) is 5.73 Å². The predicted molar refractivity (Wildman–Crippen MR) is 114 cm³/mol. The van der Waals surface area contributed by atoms with Crippen molar-refractivity contribution >= 4 is 23.9 Å². The number of thioether (sulfide) groups is 1. The topological polar surface area (TPSA) is 83.0 Å². The summed E-state index contributed by atoms with van der Waals surface area (Å²) < 4.78 is 0. The van der Waals surface area contributed by atoms with E-state index in [9.17, 15) is 10.1 Å². The first-order valence-electron chi connectivity index (χ1n) is 9.70. The van der Waals surface area contributed by atoms with Gasteiger partial charge in [-0.2, -0.15) is 5.26 Å². The number of nitrogens with two attached hydrogens (primary N) is 1. The Morgan fingerprint density at radius 1 is 1.36 bits per heavy atom. The lowest BCUT2D eigenvalue weighted by Crippen LogP contribution is -2.40. The molecule has 2 heterocycles. The summed E-state index contributed by atoms with van der Waals surface area (Å²) in [5.74, 6) is 0.919. The van der Waals surface area contributed by atoms with Crippen LogP contribution in [0.15, 0.2) is 35.4 Å². The molecule has 1 unspecified atom stereocenters. The van der Waals surface area contributed by atoms with Crippen molar-refractivity contribution in [3.8, 4) is 6.07 Å². The van der Waals surface area contributed by atoms with Gasteiger partial charge in [0.2, 0.25) is 0 Å². The molecule has 0 spiro atoms. The molecule has 0 amide bonds. The first-order valence-corrected chi connectivity index (χ1v) is 10.6. The summed E-state index contributed by atoms with van der Waals surface area (Å²) in [6.45, 7) is 5.83. The highest BCUT2D eigenvalue weighted by atomic mass is 32.2. The summed E-state index contributed by atoms with van der Waals surface area (Å²) >= 11 is 1.36. The Bertz CT molecular complexity index is 870. The second-order valence-electron chi connectivity index (χ2n) is 7.09. The van der Waals surface area contributed by atoms with E-state index in [-0.39, 0.29) is 6.04 Å². The summed E-state index contributed by atoms with van der Waals surface area (Å²) in [5, 5.41) is 10.1. The van der Waals surface area contributed by atoms with E-state index in [1.807, 2.05) is 37.3 Å². The van der Waals surface area contributed by atoms with Gasteiger partial charge in [-0.1, -0.05) is 49.0 Å². The van der Waals surface area contributed by atoms with Crippen LogP contribution in [0.4, 0.5) is 5.82 Å². The van der Waals surface area contributed by atoms with Gasteiger partial charge in [0.05, 0.1) is 10.8 Å². The Morgan fingerprint density at radius 2 is 2.04 bits per heavy atom. The highest BCUT2D eigenvalue weighted by Gasteiger charge is 2.25. The van der Waals surface area contributed by atoms with Crippen LogP contribution < -0.4 is 10.6 Å². The van der Waals surface area contributed by atoms with E-state index in [0.717, 1.165) is 61.1 Å². The maximum atomic E-state index is 11.8. The van der Waals surface area contributed by atoms with Crippen molar-refractivity contribution in [2.45, 2.75) is 49.4 Å². The van der Waals surface area contributed by atoms with E-state index in [1.54, 1.807) is 0 Å². The molecular weight excluding hydrogens is 368 g/mol. The van der Waals surface area contributed by atoms with E-state index in [1.165, 1.54) is 11.8 Å². The number of carbonyl (C=O) groups is 1. The monoisotopic (exact) mass is 394 g/mol. The number of aromatic nitrogens is 1. The fraction of sp³-hybridized carbons (Fsp3) is 0.409. The Kier molecular flexibility index (Phi) is 6.71. The average Bonchev–Trinajstić information content (AvgIpc) is 2.73. The Morgan fingerprint density at radius 3 is 2.61 bits per heavy atom. The molecule has 1 atom stereocenters. The molecule has 1 aromatic heterocycles. The molecular formula is C22H26N4OS. The number of hydrogen-bond donors (Lipinski definition) is 1. The van der Waals surface area contributed by atoms with Gasteiger partial charge in [-0.15, -0.1) is 0 Å². The number of benzene rings is 1. The van der Waals surface area contributed by atoms with Crippen LogP contribution >= 0.6 is 11.8 Å². The average molecular weight is 395 g/mol. The normalized spacial score (nSPS) is 15.9. The van der Waals surface area contributed by atoms with Crippen LogP contribution in [0.3, 0.4) is 0 Å². The second-order valence-corrected chi connectivity index (χ2v) is 8.22. The lowest BCUT2D eigenvalue weighted by molar-refractivity contribution is -0.107. The van der Waals surface area contributed by atoms with Crippen molar-refractivity contribution in [3.63, 3.8) is 0 Å². The third-order valence-electron chi connectivity index (χ3n) is 5.31. The largest absolute Gasteiger partial charge is 0.356 e. The molecule has 5 nitrogen and oxygen atoms in total. The van der Waals surface area contributed by atoms with Crippen LogP contribution in [-0.2, 0) is 11.2 Å². The molecule has 1 fully saturated rings. The van der Waals surface area contributed by atoms with E-state index in [4.69, 9.17) is 10.7 Å². The van der Waals surface area contributed by atoms with Gasteiger partial charge in [0, 0.05) is 19.1 Å². The van der Waals surface area contributed by atoms with E-state index in [0.29, 0.717) is 10.6 Å². The third kappa shape index (κ3) is 4.21. The van der Waals surface area contributed by atoms with Crippen LogP contribution in [0.25, 0.3) is 0 Å². The summed E-state index contributed by atoms with van der Waals surface area (Å²) in [5.41, 5.74) is 9.64. The van der Waals surface area contributed by atoms with Gasteiger partial charge in [-0.3, -0.25) is 0 Å². The molecule has 1 aliphatic heterocycles. The zero-order valence-corrected chi connectivity index (χ0v) is 17.2. The molecule has 1 aromatic carbocycles. The standard InChI is InChI=1S/C22H26N4OS/c1-3-18-15(2)21(26-11-9-17(24)10-12-26)25-22(19(18)13-23)28-20(14-27)16-7-5-4-6-8-16/h4-8,14,17,20H,3,9-12,24H2,1-2H3. The number of nitrogens with zero attached hydrogens (tertiary/aromatic N) is 3. The zero-order chi connectivity index (χ0) is 20.1. The van der Waals surface area contributed by atoms with E-state index in [2.05, 4.69) is 17.9 Å². The molecule has 146 valence electrons. The number of hydrogen-bond acceptors (Lipinski definition) is 6. The number of anilines is 1. The van der Waals surface area contributed by atoms with Crippen LogP contribution in [-0.4, -0.2) is 30.4 Å². The fourth-order valence-corrected chi connectivity index (χ4v) is 4.70. The lowest BCUT2D eigenvalue weighted by atomic mass is 10.0. The molecule has 28 heavy (non-hydrogen) atoms. The molecule has 0 bridgehead atoms. The van der Waals surface area contributed by atoms with Crippen LogP contribution in [0.5, 0.6) is 0 Å². The number of piperidine rings is 1. The molecule has 2 N–H and O–H groups in total. The van der Waals surface area contributed by atoms with Gasteiger partial charge in [-0.05, 0) is 42.9 Å². The zero-order valence-electron chi connectivity index (χ0n) is 16.4. The van der Waals surface area contributed by atoms with E-state index >= 15 is 0 Å². The first kappa shape index (κ1) is 20.4. The van der Waals surface area contributed by atoms with Crippen molar-refractivity contribution in [1.82, 2.24) is 4.98 Å². The maximum absolute atomic E-state index is 11.8. The number of carbonyl (C=O) groups excluding carboxylic acids is 1. The molecule has 0 saturated carbocycles. The smallest absolute Gasteiger partial charge is 0.137 e. The Hall–Kier alpha value is -2.36. The maximum Gasteiger partial charge on any atom is 0.137 e. The summed E-state index contributed by atoms with van der Waals surface area (Å²) in [6, 6.07) is 12.2. The molecule has 6 heteroatoms. The number of aldehydes is 1. The molecule has 1 aliphatic rings. The van der Waals surface area contributed by atoms with Gasteiger partial charge in [-0.25, -0.2) is 4.98 Å². The summed E-state index contributed by atoms with van der Waals surface area (Å²) in [6.07, 6.45) is 3.55. The van der Waals surface area contributed by atoms with Gasteiger partial charge in [0.1, 0.15) is 23.2 Å². The van der Waals surface area contributed by atoms with Crippen molar-refractivity contribution in [3.05, 3.63) is 52.6 Å². The number of rotatable bonds is 6. The van der Waals surface area contributed by atoms with Crippen molar-refractivity contribution in [1.29, 1.82) is 5.26 Å². The molecule has 3 rings (SSSR count). The molecule has 0 aliphatic carbocycles. The number of pyridine rings is 1.